The van der Waals surface area contributed by atoms with Crippen molar-refractivity contribution in [1.29, 1.82) is 0 Å². The molecule has 0 saturated carbocycles. The van der Waals surface area contributed by atoms with Gasteiger partial charge in [0.2, 0.25) is 5.91 Å². The molecule has 0 spiro atoms. The molecule has 0 aliphatic carbocycles. The van der Waals surface area contributed by atoms with Gasteiger partial charge in [-0.1, -0.05) is 6.42 Å². The standard InChI is InChI=1S/C18H25FN2O4/c19-14-4-6-15(7-5-14)23-10-8-20-17(22)13-21-9-2-1-3-16(21)18-24-11-12-25-18/h4-7,16,18H,1-3,8-13H2,(H,20,22). The Balaban J connectivity index is 1.38. The molecule has 2 aliphatic heterocycles. The minimum Gasteiger partial charge on any atom is -0.492 e. The molecule has 2 saturated heterocycles. The summed E-state index contributed by atoms with van der Waals surface area (Å²) in [5, 5.41) is 2.86. The molecule has 0 radical (unpaired) electrons. The smallest absolute Gasteiger partial charge is 0.234 e. The van der Waals surface area contributed by atoms with Crippen LogP contribution in [-0.2, 0) is 14.3 Å². The molecule has 1 atom stereocenters. The molecule has 1 aromatic carbocycles. The lowest BCUT2D eigenvalue weighted by Gasteiger charge is -2.37. The quantitative estimate of drug-likeness (QED) is 0.755. The molecule has 0 aromatic heterocycles. The first-order valence-electron chi connectivity index (χ1n) is 8.85. The molecule has 7 heteroatoms. The predicted octanol–water partition coefficient (Wildman–Crippen LogP) is 1.55. The number of likely N-dealkylation sites (tertiary alicyclic amines) is 1. The third kappa shape index (κ3) is 5.39. The maximum Gasteiger partial charge on any atom is 0.234 e. The molecule has 1 unspecified atom stereocenters. The fourth-order valence-electron chi connectivity index (χ4n) is 3.25. The largest absolute Gasteiger partial charge is 0.492 e. The van der Waals surface area contributed by atoms with Gasteiger partial charge in [0, 0.05) is 0 Å². The number of nitrogens with zero attached hydrogens (tertiary/aromatic N) is 1. The normalized spacial score (nSPS) is 22.0. The van der Waals surface area contributed by atoms with Crippen LogP contribution in [0.25, 0.3) is 0 Å². The van der Waals surface area contributed by atoms with Crippen LogP contribution in [0.1, 0.15) is 19.3 Å². The highest BCUT2D eigenvalue weighted by Gasteiger charge is 2.34. The van der Waals surface area contributed by atoms with Gasteiger partial charge in [-0.3, -0.25) is 9.69 Å². The maximum atomic E-state index is 12.8. The van der Waals surface area contributed by atoms with E-state index in [-0.39, 0.29) is 24.1 Å². The van der Waals surface area contributed by atoms with Crippen LogP contribution in [0.3, 0.4) is 0 Å². The maximum absolute atomic E-state index is 12.8. The van der Waals surface area contributed by atoms with Crippen LogP contribution in [0.2, 0.25) is 0 Å². The molecule has 1 amide bonds. The van der Waals surface area contributed by atoms with Crippen molar-refractivity contribution in [2.75, 3.05) is 39.5 Å². The highest BCUT2D eigenvalue weighted by atomic mass is 19.1. The van der Waals surface area contributed by atoms with Crippen LogP contribution in [0, 0.1) is 5.82 Å². The molecule has 138 valence electrons. The van der Waals surface area contributed by atoms with Gasteiger partial charge in [0.05, 0.1) is 32.3 Å². The van der Waals surface area contributed by atoms with E-state index in [1.54, 1.807) is 12.1 Å². The SMILES string of the molecule is O=C(CN1CCCCC1C1OCCO1)NCCOc1ccc(F)cc1. The summed E-state index contributed by atoms with van der Waals surface area (Å²) in [7, 11) is 0. The highest BCUT2D eigenvalue weighted by Crippen LogP contribution is 2.23. The Morgan fingerprint density at radius 2 is 2.00 bits per heavy atom. The number of piperidine rings is 1. The topological polar surface area (TPSA) is 60.0 Å². The summed E-state index contributed by atoms with van der Waals surface area (Å²) in [4.78, 5) is 14.3. The summed E-state index contributed by atoms with van der Waals surface area (Å²) in [6.45, 7) is 3.22. The van der Waals surface area contributed by atoms with Crippen molar-refractivity contribution >= 4 is 5.91 Å². The van der Waals surface area contributed by atoms with Crippen LogP contribution in [0.5, 0.6) is 5.75 Å². The lowest BCUT2D eigenvalue weighted by atomic mass is 10.0. The van der Waals surface area contributed by atoms with Gasteiger partial charge < -0.3 is 19.5 Å². The van der Waals surface area contributed by atoms with Gasteiger partial charge >= 0.3 is 0 Å². The molecular weight excluding hydrogens is 327 g/mol. The Morgan fingerprint density at radius 3 is 2.76 bits per heavy atom. The van der Waals surface area contributed by atoms with Gasteiger partial charge in [-0.2, -0.15) is 0 Å². The van der Waals surface area contributed by atoms with Gasteiger partial charge in [-0.05, 0) is 43.7 Å². The number of carbonyl (C=O) groups is 1. The van der Waals surface area contributed by atoms with Gasteiger partial charge in [0.15, 0.2) is 6.29 Å². The van der Waals surface area contributed by atoms with Crippen LogP contribution < -0.4 is 10.1 Å². The number of hydrogen-bond donors (Lipinski definition) is 1. The minimum absolute atomic E-state index is 0.0346. The first-order valence-corrected chi connectivity index (χ1v) is 8.85. The highest BCUT2D eigenvalue weighted by molar-refractivity contribution is 5.78. The second kappa shape index (κ2) is 9.12. The lowest BCUT2D eigenvalue weighted by molar-refractivity contribution is -0.131. The van der Waals surface area contributed by atoms with Crippen molar-refractivity contribution < 1.29 is 23.4 Å². The van der Waals surface area contributed by atoms with E-state index in [2.05, 4.69) is 10.2 Å². The summed E-state index contributed by atoms with van der Waals surface area (Å²) in [6, 6.07) is 5.97. The third-order valence-electron chi connectivity index (χ3n) is 4.48. The summed E-state index contributed by atoms with van der Waals surface area (Å²) in [5.41, 5.74) is 0. The van der Waals surface area contributed by atoms with Crippen LogP contribution in [0.4, 0.5) is 4.39 Å². The average Bonchev–Trinajstić information content (AvgIpc) is 3.15. The van der Waals surface area contributed by atoms with Crippen LogP contribution >= 0.6 is 0 Å². The van der Waals surface area contributed by atoms with Crippen molar-refractivity contribution in [2.45, 2.75) is 31.6 Å². The fourth-order valence-corrected chi connectivity index (χ4v) is 3.25. The molecule has 0 bridgehead atoms. The average molecular weight is 352 g/mol. The van der Waals surface area contributed by atoms with E-state index in [0.717, 1.165) is 25.8 Å². The number of benzene rings is 1. The van der Waals surface area contributed by atoms with Gasteiger partial charge in [-0.25, -0.2) is 4.39 Å². The van der Waals surface area contributed by atoms with Gasteiger partial charge in [0.1, 0.15) is 18.2 Å². The Hall–Kier alpha value is -1.70. The molecule has 2 aliphatic rings. The minimum atomic E-state index is -0.299. The van der Waals surface area contributed by atoms with E-state index in [4.69, 9.17) is 14.2 Å². The second-order valence-corrected chi connectivity index (χ2v) is 6.30. The van der Waals surface area contributed by atoms with Crippen molar-refractivity contribution in [3.63, 3.8) is 0 Å². The van der Waals surface area contributed by atoms with E-state index in [9.17, 15) is 9.18 Å². The number of nitrogens with one attached hydrogen (secondary N) is 1. The number of amides is 1. The first-order chi connectivity index (χ1) is 12.2. The molecular formula is C18H25FN2O4. The molecule has 2 fully saturated rings. The van der Waals surface area contributed by atoms with E-state index in [1.165, 1.54) is 12.1 Å². The summed E-state index contributed by atoms with van der Waals surface area (Å²) >= 11 is 0. The van der Waals surface area contributed by atoms with Gasteiger partial charge in [-0.15, -0.1) is 0 Å². The van der Waals surface area contributed by atoms with Crippen LogP contribution in [0.15, 0.2) is 24.3 Å². The molecule has 1 N–H and O–H groups in total. The van der Waals surface area contributed by atoms with Crippen molar-refractivity contribution in [3.05, 3.63) is 30.1 Å². The number of ether oxygens (including phenoxy) is 3. The Bertz CT molecular complexity index is 549. The van der Waals surface area contributed by atoms with Crippen LogP contribution in [-0.4, -0.2) is 62.6 Å². The Labute approximate surface area is 147 Å². The monoisotopic (exact) mass is 352 g/mol. The summed E-state index contributed by atoms with van der Waals surface area (Å²) in [6.07, 6.45) is 3.00. The second-order valence-electron chi connectivity index (χ2n) is 6.30. The fraction of sp³-hybridized carbons (Fsp3) is 0.611. The number of rotatable bonds is 7. The molecule has 6 nitrogen and oxygen atoms in total. The number of hydrogen-bond acceptors (Lipinski definition) is 5. The third-order valence-corrected chi connectivity index (χ3v) is 4.48. The molecule has 3 rings (SSSR count). The van der Waals surface area contributed by atoms with Crippen molar-refractivity contribution in [3.8, 4) is 5.75 Å². The summed E-state index contributed by atoms with van der Waals surface area (Å²) < 4.78 is 29.5. The lowest BCUT2D eigenvalue weighted by Crippen LogP contribution is -2.51. The zero-order valence-corrected chi connectivity index (χ0v) is 14.3. The van der Waals surface area contributed by atoms with E-state index in [0.29, 0.717) is 38.7 Å². The molecule has 25 heavy (non-hydrogen) atoms. The van der Waals surface area contributed by atoms with Crippen molar-refractivity contribution in [2.24, 2.45) is 0 Å². The van der Waals surface area contributed by atoms with Crippen molar-refractivity contribution in [1.82, 2.24) is 10.2 Å². The number of halogens is 1. The predicted molar refractivity (Wildman–Crippen MR) is 89.8 cm³/mol. The Morgan fingerprint density at radius 1 is 1.24 bits per heavy atom. The van der Waals surface area contributed by atoms with Gasteiger partial charge in [0.25, 0.3) is 0 Å². The molecule has 1 aromatic rings. The zero-order valence-electron chi connectivity index (χ0n) is 14.3. The van der Waals surface area contributed by atoms with E-state index in [1.807, 2.05) is 0 Å². The summed E-state index contributed by atoms with van der Waals surface area (Å²) in [5.74, 6) is 0.252. The number of carbonyl (C=O) groups excluding carboxylic acids is 1. The molecule has 2 heterocycles. The first kappa shape index (κ1) is 18.1. The van der Waals surface area contributed by atoms with E-state index < -0.39 is 0 Å². The zero-order chi connectivity index (χ0) is 17.5. The van der Waals surface area contributed by atoms with E-state index >= 15 is 0 Å². The Kier molecular flexibility index (Phi) is 6.61.